The third-order valence-corrected chi connectivity index (χ3v) is 5.55. The summed E-state index contributed by atoms with van der Waals surface area (Å²) >= 11 is 0. The molecular weight excluding hydrogens is 284 g/mol. The number of likely N-dealkylation sites (tertiary alicyclic amines) is 2. The normalized spacial score (nSPS) is 25.7. The first-order valence-corrected chi connectivity index (χ1v) is 9.29. The van der Waals surface area contributed by atoms with Crippen molar-refractivity contribution in [3.8, 4) is 0 Å². The van der Waals surface area contributed by atoms with Crippen molar-refractivity contribution in [3.63, 3.8) is 0 Å². The minimum atomic E-state index is 0.344. The molecule has 2 heterocycles. The fourth-order valence-corrected chi connectivity index (χ4v) is 4.29. The van der Waals surface area contributed by atoms with E-state index in [0.29, 0.717) is 24.5 Å². The van der Waals surface area contributed by atoms with Crippen LogP contribution < -0.4 is 0 Å². The minimum Gasteiger partial charge on any atom is -0.339 e. The van der Waals surface area contributed by atoms with Gasteiger partial charge in [-0.15, -0.1) is 0 Å². The molecule has 2 saturated heterocycles. The van der Waals surface area contributed by atoms with Gasteiger partial charge in [0.15, 0.2) is 0 Å². The summed E-state index contributed by atoms with van der Waals surface area (Å²) in [6.07, 6.45) is 7.09. The van der Waals surface area contributed by atoms with E-state index in [1.807, 2.05) is 0 Å². The molecule has 2 fully saturated rings. The number of piperidine rings is 1. The van der Waals surface area contributed by atoms with Gasteiger partial charge in [0.05, 0.1) is 6.54 Å². The van der Waals surface area contributed by atoms with Crippen LogP contribution in [0.4, 0.5) is 0 Å². The third kappa shape index (κ3) is 3.77. The zero-order valence-corrected chi connectivity index (χ0v) is 14.6. The van der Waals surface area contributed by atoms with Crippen LogP contribution in [-0.2, 0) is 4.79 Å². The number of carbonyl (C=O) groups excluding carboxylic acids is 1. The molecule has 1 amide bonds. The van der Waals surface area contributed by atoms with Crippen LogP contribution in [0.1, 0.15) is 62.6 Å². The number of amides is 1. The fraction of sp³-hybridized carbons (Fsp3) is 0.650. The SMILES string of the molecule is CC[C@@H]1CCCCN1C(=O)CN1CCC[C@@H]1c1cccc(C)c1. The first-order valence-electron chi connectivity index (χ1n) is 9.29. The molecule has 0 spiro atoms. The van der Waals surface area contributed by atoms with Crippen molar-refractivity contribution in [2.24, 2.45) is 0 Å². The van der Waals surface area contributed by atoms with Gasteiger partial charge in [-0.05, 0) is 57.6 Å². The van der Waals surface area contributed by atoms with Crippen LogP contribution in [0.3, 0.4) is 0 Å². The molecule has 1 aromatic rings. The van der Waals surface area contributed by atoms with Gasteiger partial charge in [-0.1, -0.05) is 36.8 Å². The lowest BCUT2D eigenvalue weighted by Gasteiger charge is -2.37. The largest absolute Gasteiger partial charge is 0.339 e. The Hall–Kier alpha value is -1.35. The van der Waals surface area contributed by atoms with Crippen molar-refractivity contribution in [2.75, 3.05) is 19.6 Å². The standard InChI is InChI=1S/C20H30N2O/c1-3-18-10-4-5-13-22(18)20(23)15-21-12-7-11-19(21)17-9-6-8-16(2)14-17/h6,8-9,14,18-19H,3-5,7,10-13,15H2,1-2H3/t18-,19-/m1/s1. The van der Waals surface area contributed by atoms with Crippen LogP contribution >= 0.6 is 0 Å². The Balaban J connectivity index is 1.67. The Bertz CT molecular complexity index is 542. The quantitative estimate of drug-likeness (QED) is 0.841. The van der Waals surface area contributed by atoms with Crippen molar-refractivity contribution >= 4 is 5.91 Å². The first kappa shape index (κ1) is 16.5. The van der Waals surface area contributed by atoms with Gasteiger partial charge < -0.3 is 4.90 Å². The Labute approximate surface area is 140 Å². The number of nitrogens with zero attached hydrogens (tertiary/aromatic N) is 2. The van der Waals surface area contributed by atoms with Gasteiger partial charge in [-0.3, -0.25) is 9.69 Å². The third-order valence-electron chi connectivity index (χ3n) is 5.55. The smallest absolute Gasteiger partial charge is 0.237 e. The molecule has 0 aromatic heterocycles. The second-order valence-electron chi connectivity index (χ2n) is 7.19. The number of hydrogen-bond donors (Lipinski definition) is 0. The van der Waals surface area contributed by atoms with E-state index in [0.717, 1.165) is 19.5 Å². The molecule has 23 heavy (non-hydrogen) atoms. The monoisotopic (exact) mass is 314 g/mol. The Morgan fingerprint density at radius 2 is 2.04 bits per heavy atom. The molecule has 0 unspecified atom stereocenters. The van der Waals surface area contributed by atoms with Gasteiger partial charge in [-0.25, -0.2) is 0 Å². The van der Waals surface area contributed by atoms with Gasteiger partial charge in [-0.2, -0.15) is 0 Å². The van der Waals surface area contributed by atoms with Crippen LogP contribution in [0.25, 0.3) is 0 Å². The molecule has 2 aliphatic heterocycles. The van der Waals surface area contributed by atoms with Crippen LogP contribution in [0, 0.1) is 6.92 Å². The van der Waals surface area contributed by atoms with E-state index in [2.05, 4.69) is 47.9 Å². The maximum Gasteiger partial charge on any atom is 0.237 e. The molecule has 3 rings (SSSR count). The molecule has 0 N–H and O–H groups in total. The Morgan fingerprint density at radius 3 is 2.83 bits per heavy atom. The van der Waals surface area contributed by atoms with E-state index < -0.39 is 0 Å². The fourth-order valence-electron chi connectivity index (χ4n) is 4.29. The van der Waals surface area contributed by atoms with Crippen molar-refractivity contribution in [2.45, 2.75) is 64.5 Å². The molecule has 3 heteroatoms. The highest BCUT2D eigenvalue weighted by Gasteiger charge is 2.31. The summed E-state index contributed by atoms with van der Waals surface area (Å²) in [5.41, 5.74) is 2.68. The van der Waals surface area contributed by atoms with Gasteiger partial charge in [0.25, 0.3) is 0 Å². The molecule has 0 radical (unpaired) electrons. The van der Waals surface area contributed by atoms with E-state index >= 15 is 0 Å². The lowest BCUT2D eigenvalue weighted by Crippen LogP contribution is -2.47. The van der Waals surface area contributed by atoms with E-state index in [1.54, 1.807) is 0 Å². The summed E-state index contributed by atoms with van der Waals surface area (Å²) in [5, 5.41) is 0. The Morgan fingerprint density at radius 1 is 1.17 bits per heavy atom. The number of rotatable bonds is 4. The number of benzene rings is 1. The summed E-state index contributed by atoms with van der Waals surface area (Å²) in [7, 11) is 0. The average Bonchev–Trinajstić information content (AvgIpc) is 3.03. The summed E-state index contributed by atoms with van der Waals surface area (Å²) in [5.74, 6) is 0.344. The van der Waals surface area contributed by atoms with Crippen molar-refractivity contribution in [1.29, 1.82) is 0 Å². The lowest BCUT2D eigenvalue weighted by atomic mass is 9.99. The number of carbonyl (C=O) groups is 1. The lowest BCUT2D eigenvalue weighted by molar-refractivity contribution is -0.136. The second kappa shape index (κ2) is 7.48. The van der Waals surface area contributed by atoms with Crippen molar-refractivity contribution in [1.82, 2.24) is 9.80 Å². The molecular formula is C20H30N2O. The molecule has 2 aliphatic rings. The van der Waals surface area contributed by atoms with Gasteiger partial charge >= 0.3 is 0 Å². The summed E-state index contributed by atoms with van der Waals surface area (Å²) in [4.78, 5) is 17.4. The highest BCUT2D eigenvalue weighted by atomic mass is 16.2. The molecule has 1 aromatic carbocycles. The van der Waals surface area contributed by atoms with Crippen LogP contribution in [0.2, 0.25) is 0 Å². The summed E-state index contributed by atoms with van der Waals surface area (Å²) in [6, 6.07) is 9.67. The second-order valence-corrected chi connectivity index (χ2v) is 7.19. The first-order chi connectivity index (χ1) is 11.2. The maximum atomic E-state index is 12.9. The molecule has 0 aliphatic carbocycles. The highest BCUT2D eigenvalue weighted by Crippen LogP contribution is 2.32. The maximum absolute atomic E-state index is 12.9. The minimum absolute atomic E-state index is 0.344. The van der Waals surface area contributed by atoms with Crippen LogP contribution in [0.15, 0.2) is 24.3 Å². The van der Waals surface area contributed by atoms with E-state index in [-0.39, 0.29) is 0 Å². The molecule has 2 atom stereocenters. The molecule has 3 nitrogen and oxygen atoms in total. The van der Waals surface area contributed by atoms with Crippen LogP contribution in [-0.4, -0.2) is 41.4 Å². The van der Waals surface area contributed by atoms with Crippen molar-refractivity contribution < 1.29 is 4.79 Å². The Kier molecular flexibility index (Phi) is 5.37. The highest BCUT2D eigenvalue weighted by molar-refractivity contribution is 5.78. The predicted octanol–water partition coefficient (Wildman–Crippen LogP) is 3.92. The van der Waals surface area contributed by atoms with Gasteiger partial charge in [0, 0.05) is 18.6 Å². The zero-order valence-electron chi connectivity index (χ0n) is 14.6. The zero-order chi connectivity index (χ0) is 16.2. The molecule has 126 valence electrons. The summed E-state index contributed by atoms with van der Waals surface area (Å²) in [6.45, 7) is 6.96. The van der Waals surface area contributed by atoms with E-state index in [1.165, 1.54) is 43.2 Å². The van der Waals surface area contributed by atoms with Gasteiger partial charge in [0.1, 0.15) is 0 Å². The van der Waals surface area contributed by atoms with E-state index in [9.17, 15) is 4.79 Å². The molecule has 0 saturated carbocycles. The number of hydrogen-bond acceptors (Lipinski definition) is 2. The summed E-state index contributed by atoms with van der Waals surface area (Å²) < 4.78 is 0. The van der Waals surface area contributed by atoms with Gasteiger partial charge in [0.2, 0.25) is 5.91 Å². The number of aryl methyl sites for hydroxylation is 1. The average molecular weight is 314 g/mol. The molecule has 0 bridgehead atoms. The van der Waals surface area contributed by atoms with Crippen molar-refractivity contribution in [3.05, 3.63) is 35.4 Å². The predicted molar refractivity (Wildman–Crippen MR) is 94.4 cm³/mol. The van der Waals surface area contributed by atoms with Crippen LogP contribution in [0.5, 0.6) is 0 Å². The topological polar surface area (TPSA) is 23.6 Å². The van der Waals surface area contributed by atoms with E-state index in [4.69, 9.17) is 0 Å².